The lowest BCUT2D eigenvalue weighted by Gasteiger charge is -2.17. The number of thioether (sulfide) groups is 1. The average Bonchev–Trinajstić information content (AvgIpc) is 2.85. The van der Waals surface area contributed by atoms with Gasteiger partial charge < -0.3 is 0 Å². The van der Waals surface area contributed by atoms with Crippen LogP contribution in [0.2, 0.25) is 0 Å². The maximum Gasteiger partial charge on any atom is 0.416 e. The molecule has 146 valence electrons. The first-order valence-corrected chi connectivity index (χ1v) is 9.20. The van der Waals surface area contributed by atoms with Gasteiger partial charge in [0.2, 0.25) is 0 Å². The van der Waals surface area contributed by atoms with Crippen LogP contribution in [0.25, 0.3) is 5.57 Å². The quantitative estimate of drug-likeness (QED) is 0.510. The van der Waals surface area contributed by atoms with E-state index in [1.54, 1.807) is 0 Å². The highest BCUT2D eigenvalue weighted by Crippen LogP contribution is 2.41. The minimum absolute atomic E-state index is 0.0522. The van der Waals surface area contributed by atoms with Crippen molar-refractivity contribution in [2.24, 2.45) is 0 Å². The summed E-state index contributed by atoms with van der Waals surface area (Å²) in [5.74, 6) is -1.93. The Hall–Kier alpha value is -2.61. The molecule has 1 aliphatic rings. The van der Waals surface area contributed by atoms with Crippen molar-refractivity contribution in [2.45, 2.75) is 25.3 Å². The Kier molecular flexibility index (Phi) is 5.34. The molecule has 0 bridgehead atoms. The van der Waals surface area contributed by atoms with Gasteiger partial charge in [-0.25, -0.2) is 9.29 Å². The van der Waals surface area contributed by atoms with Crippen LogP contribution in [0.15, 0.2) is 53.4 Å². The molecule has 0 spiro atoms. The van der Waals surface area contributed by atoms with Gasteiger partial charge >= 0.3 is 6.18 Å². The Morgan fingerprint density at radius 2 is 1.61 bits per heavy atom. The van der Waals surface area contributed by atoms with E-state index in [-0.39, 0.29) is 21.4 Å². The Morgan fingerprint density at radius 1 is 0.964 bits per heavy atom. The van der Waals surface area contributed by atoms with Gasteiger partial charge in [-0.2, -0.15) is 13.2 Å². The summed E-state index contributed by atoms with van der Waals surface area (Å²) in [5.41, 5.74) is -0.735. The summed E-state index contributed by atoms with van der Waals surface area (Å²) in [7, 11) is 0. The highest BCUT2D eigenvalue weighted by molar-refractivity contribution is 8.04. The van der Waals surface area contributed by atoms with Crippen LogP contribution in [-0.2, 0) is 15.8 Å². The number of hydrogen-bond acceptors (Lipinski definition) is 3. The van der Waals surface area contributed by atoms with Crippen LogP contribution >= 0.6 is 11.8 Å². The number of imide groups is 1. The van der Waals surface area contributed by atoms with Crippen molar-refractivity contribution in [3.05, 3.63) is 70.4 Å². The van der Waals surface area contributed by atoms with E-state index in [0.717, 1.165) is 47.0 Å². The molecule has 3 rings (SSSR count). The van der Waals surface area contributed by atoms with E-state index in [0.29, 0.717) is 5.56 Å². The first-order valence-electron chi connectivity index (χ1n) is 8.32. The molecule has 2 aromatic rings. The number of hydrogen-bond donors (Lipinski definition) is 0. The molecule has 0 N–H and O–H groups in total. The van der Waals surface area contributed by atoms with Gasteiger partial charge in [-0.05, 0) is 35.9 Å². The molecule has 1 heterocycles. The largest absolute Gasteiger partial charge is 0.416 e. The average molecular weight is 409 g/mol. The number of amides is 2. The number of anilines is 1. The smallest absolute Gasteiger partial charge is 0.268 e. The summed E-state index contributed by atoms with van der Waals surface area (Å²) < 4.78 is 52.4. The molecule has 0 radical (unpaired) electrons. The third kappa shape index (κ3) is 3.82. The van der Waals surface area contributed by atoms with Crippen LogP contribution in [-0.4, -0.2) is 17.1 Å². The van der Waals surface area contributed by atoms with Crippen molar-refractivity contribution in [2.75, 3.05) is 4.90 Å². The van der Waals surface area contributed by atoms with E-state index >= 15 is 0 Å². The molecule has 1 aliphatic heterocycles. The minimum Gasteiger partial charge on any atom is -0.268 e. The third-order valence-corrected chi connectivity index (χ3v) is 5.05. The Balaban J connectivity index is 2.09. The molecular formula is C20H15F4NO2S. The van der Waals surface area contributed by atoms with Crippen molar-refractivity contribution in [3.63, 3.8) is 0 Å². The molecule has 2 amide bonds. The molecule has 28 heavy (non-hydrogen) atoms. The molecular weight excluding hydrogens is 394 g/mol. The number of carbonyl (C=O) groups excluding carboxylic acids is 2. The van der Waals surface area contributed by atoms with Gasteiger partial charge in [-0.1, -0.05) is 32.0 Å². The van der Waals surface area contributed by atoms with Gasteiger partial charge in [0.05, 0.1) is 21.7 Å². The number of carbonyl (C=O) groups is 2. The predicted octanol–water partition coefficient (Wildman–Crippen LogP) is 5.27. The fourth-order valence-corrected chi connectivity index (χ4v) is 3.77. The number of alkyl halides is 3. The van der Waals surface area contributed by atoms with E-state index in [2.05, 4.69) is 0 Å². The van der Waals surface area contributed by atoms with E-state index in [9.17, 15) is 27.2 Å². The second-order valence-electron chi connectivity index (χ2n) is 6.37. The van der Waals surface area contributed by atoms with Crippen LogP contribution < -0.4 is 4.90 Å². The molecule has 0 atom stereocenters. The van der Waals surface area contributed by atoms with Crippen molar-refractivity contribution in [1.29, 1.82) is 0 Å². The van der Waals surface area contributed by atoms with Gasteiger partial charge in [-0.3, -0.25) is 9.59 Å². The van der Waals surface area contributed by atoms with Crippen LogP contribution in [0.3, 0.4) is 0 Å². The summed E-state index contributed by atoms with van der Waals surface area (Å²) in [4.78, 5) is 26.8. The maximum absolute atomic E-state index is 13.3. The molecule has 0 aliphatic carbocycles. The normalized spacial score (nSPS) is 15.2. The van der Waals surface area contributed by atoms with Crippen LogP contribution in [0.5, 0.6) is 0 Å². The Morgan fingerprint density at radius 3 is 2.18 bits per heavy atom. The van der Waals surface area contributed by atoms with Gasteiger partial charge in [0.25, 0.3) is 11.8 Å². The predicted molar refractivity (Wildman–Crippen MR) is 100.0 cm³/mol. The van der Waals surface area contributed by atoms with Crippen molar-refractivity contribution < 1.29 is 27.2 Å². The van der Waals surface area contributed by atoms with Crippen LogP contribution in [0.4, 0.5) is 23.2 Å². The van der Waals surface area contributed by atoms with E-state index in [4.69, 9.17) is 0 Å². The van der Waals surface area contributed by atoms with Crippen LogP contribution in [0, 0.1) is 5.82 Å². The third-order valence-electron chi connectivity index (χ3n) is 3.96. The first kappa shape index (κ1) is 20.1. The Bertz CT molecular complexity index is 965. The van der Waals surface area contributed by atoms with E-state index < -0.39 is 29.4 Å². The van der Waals surface area contributed by atoms with Gasteiger partial charge in [-0.15, -0.1) is 11.8 Å². The molecule has 0 aromatic heterocycles. The first-order chi connectivity index (χ1) is 13.1. The SMILES string of the molecule is CC(C)SC1=C(c2ccc(F)cc2)C(=O)N(c2cccc(C(F)(F)F)c2)C1=O. The number of halogens is 4. The van der Waals surface area contributed by atoms with E-state index in [1.807, 2.05) is 13.8 Å². The lowest BCUT2D eigenvalue weighted by molar-refractivity contribution is -0.137. The molecule has 3 nitrogen and oxygen atoms in total. The number of nitrogens with zero attached hydrogens (tertiary/aromatic N) is 1. The monoisotopic (exact) mass is 409 g/mol. The zero-order chi connectivity index (χ0) is 20.6. The van der Waals surface area contributed by atoms with Crippen molar-refractivity contribution >= 4 is 34.8 Å². The number of rotatable bonds is 4. The van der Waals surface area contributed by atoms with E-state index in [1.165, 1.54) is 18.2 Å². The number of benzene rings is 2. The van der Waals surface area contributed by atoms with Gasteiger partial charge in [0, 0.05) is 5.25 Å². The summed E-state index contributed by atoms with van der Waals surface area (Å²) >= 11 is 1.14. The summed E-state index contributed by atoms with van der Waals surface area (Å²) in [6.45, 7) is 3.65. The van der Waals surface area contributed by atoms with Crippen molar-refractivity contribution in [1.82, 2.24) is 0 Å². The molecule has 0 saturated heterocycles. The molecule has 0 saturated carbocycles. The fourth-order valence-electron chi connectivity index (χ4n) is 2.78. The summed E-state index contributed by atoms with van der Waals surface area (Å²) in [6.07, 6.45) is -4.61. The van der Waals surface area contributed by atoms with Crippen LogP contribution in [0.1, 0.15) is 25.0 Å². The van der Waals surface area contributed by atoms with Gasteiger partial charge in [0.15, 0.2) is 0 Å². The summed E-state index contributed by atoms with van der Waals surface area (Å²) in [5, 5.41) is -0.0522. The topological polar surface area (TPSA) is 37.4 Å². The molecule has 2 aromatic carbocycles. The molecule has 0 unspecified atom stereocenters. The second-order valence-corrected chi connectivity index (χ2v) is 7.96. The zero-order valence-electron chi connectivity index (χ0n) is 14.9. The van der Waals surface area contributed by atoms with Gasteiger partial charge in [0.1, 0.15) is 5.82 Å². The summed E-state index contributed by atoms with van der Waals surface area (Å²) in [6, 6.07) is 9.10. The lowest BCUT2D eigenvalue weighted by atomic mass is 10.1. The highest BCUT2D eigenvalue weighted by atomic mass is 32.2. The maximum atomic E-state index is 13.3. The Labute approximate surface area is 163 Å². The lowest BCUT2D eigenvalue weighted by Crippen LogP contribution is -2.31. The highest BCUT2D eigenvalue weighted by Gasteiger charge is 2.41. The second kappa shape index (κ2) is 7.43. The zero-order valence-corrected chi connectivity index (χ0v) is 15.7. The standard InChI is InChI=1S/C20H15F4NO2S/c1-11(2)28-17-16(12-6-8-14(21)9-7-12)18(26)25(19(17)27)15-5-3-4-13(10-15)20(22,23)24/h3-11H,1-2H3. The molecule has 8 heteroatoms. The fraction of sp³-hybridized carbons (Fsp3) is 0.200. The minimum atomic E-state index is -4.61. The molecule has 0 fully saturated rings. The van der Waals surface area contributed by atoms with Crippen molar-refractivity contribution in [3.8, 4) is 0 Å².